The Hall–Kier alpha value is -2.95. The first-order valence-electron chi connectivity index (χ1n) is 9.39. The third-order valence-electron chi connectivity index (χ3n) is 4.61. The average molecular weight is 378 g/mol. The van der Waals surface area contributed by atoms with E-state index in [1.165, 1.54) is 0 Å². The van der Waals surface area contributed by atoms with E-state index in [2.05, 4.69) is 26.1 Å². The molecule has 1 aliphatic heterocycles. The number of benzene rings is 2. The summed E-state index contributed by atoms with van der Waals surface area (Å²) in [6.07, 6.45) is 0.832. The van der Waals surface area contributed by atoms with E-state index < -0.39 is 0 Å². The van der Waals surface area contributed by atoms with E-state index in [0.29, 0.717) is 22.4 Å². The van der Waals surface area contributed by atoms with Crippen molar-refractivity contribution in [3.05, 3.63) is 65.2 Å². The number of hydrogen-bond donors (Lipinski definition) is 1. The van der Waals surface area contributed by atoms with E-state index in [4.69, 9.17) is 0 Å². The molecule has 0 saturated heterocycles. The molecule has 2 aromatic carbocycles. The van der Waals surface area contributed by atoms with Gasteiger partial charge in [-0.25, -0.2) is 4.90 Å². The summed E-state index contributed by atoms with van der Waals surface area (Å²) in [7, 11) is 0. The normalized spacial score (nSPS) is 14.2. The van der Waals surface area contributed by atoms with Crippen molar-refractivity contribution in [2.24, 2.45) is 5.41 Å². The van der Waals surface area contributed by atoms with Crippen molar-refractivity contribution >= 4 is 23.4 Å². The average Bonchev–Trinajstić information content (AvgIpc) is 2.84. The number of fused-ring (bicyclic) bond motifs is 1. The predicted octanol–water partition coefficient (Wildman–Crippen LogP) is 4.43. The maximum absolute atomic E-state index is 12.6. The third kappa shape index (κ3) is 3.98. The highest BCUT2D eigenvalue weighted by Crippen LogP contribution is 2.29. The van der Waals surface area contributed by atoms with E-state index in [1.807, 2.05) is 13.8 Å². The van der Waals surface area contributed by atoms with Crippen LogP contribution in [0.15, 0.2) is 48.5 Å². The monoisotopic (exact) mass is 378 g/mol. The topological polar surface area (TPSA) is 66.5 Å². The standard InChI is InChI=1S/C23H26N2O3/c1-22(2,3)14-23(4,5)24-19(26)15-10-12-16(13-11-15)25-20(27)17-8-6-7-9-18(17)21(25)28/h6-13H,14H2,1-5H3,(H,24,26). The zero-order valence-corrected chi connectivity index (χ0v) is 17.0. The van der Waals surface area contributed by atoms with Gasteiger partial charge in [-0.05, 0) is 62.1 Å². The van der Waals surface area contributed by atoms with Crippen LogP contribution >= 0.6 is 0 Å². The first kappa shape index (κ1) is 19.8. The summed E-state index contributed by atoms with van der Waals surface area (Å²) in [5, 5.41) is 3.06. The molecule has 0 spiro atoms. The van der Waals surface area contributed by atoms with Crippen molar-refractivity contribution in [1.82, 2.24) is 5.32 Å². The lowest BCUT2D eigenvalue weighted by Gasteiger charge is -2.33. The van der Waals surface area contributed by atoms with Crippen molar-refractivity contribution in [3.8, 4) is 0 Å². The molecule has 1 aliphatic rings. The van der Waals surface area contributed by atoms with Gasteiger partial charge in [0.1, 0.15) is 0 Å². The van der Waals surface area contributed by atoms with E-state index >= 15 is 0 Å². The molecule has 1 heterocycles. The summed E-state index contributed by atoms with van der Waals surface area (Å²) in [6.45, 7) is 10.4. The van der Waals surface area contributed by atoms with E-state index in [0.717, 1.165) is 11.3 Å². The molecule has 3 amide bonds. The van der Waals surface area contributed by atoms with E-state index in [1.54, 1.807) is 48.5 Å². The highest BCUT2D eigenvalue weighted by atomic mass is 16.2. The maximum atomic E-state index is 12.6. The first-order valence-corrected chi connectivity index (χ1v) is 9.39. The minimum absolute atomic E-state index is 0.0894. The first-order chi connectivity index (χ1) is 13.0. The van der Waals surface area contributed by atoms with Gasteiger partial charge in [0, 0.05) is 11.1 Å². The Morgan fingerprint density at radius 1 is 0.857 bits per heavy atom. The smallest absolute Gasteiger partial charge is 0.266 e. The Kier molecular flexibility index (Phi) is 4.88. The van der Waals surface area contributed by atoms with Crippen LogP contribution in [-0.4, -0.2) is 23.3 Å². The summed E-state index contributed by atoms with van der Waals surface area (Å²) >= 11 is 0. The van der Waals surface area contributed by atoms with Crippen LogP contribution in [0.5, 0.6) is 0 Å². The van der Waals surface area contributed by atoms with Crippen LogP contribution in [0.1, 0.15) is 72.1 Å². The summed E-state index contributed by atoms with van der Waals surface area (Å²) in [5.74, 6) is -0.864. The summed E-state index contributed by atoms with van der Waals surface area (Å²) in [4.78, 5) is 38.9. The quantitative estimate of drug-likeness (QED) is 0.800. The van der Waals surface area contributed by atoms with Crippen molar-refractivity contribution in [3.63, 3.8) is 0 Å². The van der Waals surface area contributed by atoms with Gasteiger partial charge in [0.25, 0.3) is 17.7 Å². The van der Waals surface area contributed by atoms with Crippen LogP contribution in [0.25, 0.3) is 0 Å². The lowest BCUT2D eigenvalue weighted by molar-refractivity contribution is 0.0888. The fourth-order valence-electron chi connectivity index (χ4n) is 3.94. The van der Waals surface area contributed by atoms with Gasteiger partial charge in [-0.15, -0.1) is 0 Å². The van der Waals surface area contributed by atoms with Crippen LogP contribution in [0, 0.1) is 5.41 Å². The van der Waals surface area contributed by atoms with Crippen LogP contribution in [0.4, 0.5) is 5.69 Å². The molecule has 0 aliphatic carbocycles. The highest BCUT2D eigenvalue weighted by molar-refractivity contribution is 6.34. The fourth-order valence-corrected chi connectivity index (χ4v) is 3.94. The Morgan fingerprint density at radius 3 is 1.82 bits per heavy atom. The van der Waals surface area contributed by atoms with E-state index in [-0.39, 0.29) is 28.7 Å². The minimum Gasteiger partial charge on any atom is -0.347 e. The van der Waals surface area contributed by atoms with Crippen LogP contribution in [-0.2, 0) is 0 Å². The highest BCUT2D eigenvalue weighted by Gasteiger charge is 2.36. The second-order valence-corrected chi connectivity index (χ2v) is 9.11. The van der Waals surface area contributed by atoms with Gasteiger partial charge in [-0.2, -0.15) is 0 Å². The van der Waals surface area contributed by atoms with Gasteiger partial charge < -0.3 is 5.32 Å². The molecular weight excluding hydrogens is 352 g/mol. The van der Waals surface area contributed by atoms with Gasteiger partial charge in [-0.3, -0.25) is 14.4 Å². The number of rotatable bonds is 4. The number of anilines is 1. The molecular formula is C23H26N2O3. The number of carbonyl (C=O) groups excluding carboxylic acids is 3. The summed E-state index contributed by atoms with van der Waals surface area (Å²) < 4.78 is 0. The van der Waals surface area contributed by atoms with Crippen LogP contribution < -0.4 is 10.2 Å². The number of nitrogens with one attached hydrogen (secondary N) is 1. The number of carbonyl (C=O) groups is 3. The van der Waals surface area contributed by atoms with Crippen LogP contribution in [0.2, 0.25) is 0 Å². The molecule has 0 fully saturated rings. The molecule has 2 aromatic rings. The lowest BCUT2D eigenvalue weighted by atomic mass is 9.81. The van der Waals surface area contributed by atoms with Crippen molar-refractivity contribution in [1.29, 1.82) is 0 Å². The molecule has 0 atom stereocenters. The Labute approximate surface area is 165 Å². The van der Waals surface area contributed by atoms with Gasteiger partial charge in [0.05, 0.1) is 16.8 Å². The molecule has 0 saturated carbocycles. The van der Waals surface area contributed by atoms with Gasteiger partial charge in [0.15, 0.2) is 0 Å². The number of nitrogens with zero attached hydrogens (tertiary/aromatic N) is 1. The summed E-state index contributed by atoms with van der Waals surface area (Å²) in [5.41, 5.74) is 1.48. The van der Waals surface area contributed by atoms with Crippen molar-refractivity contribution < 1.29 is 14.4 Å². The molecule has 0 radical (unpaired) electrons. The van der Waals surface area contributed by atoms with E-state index in [9.17, 15) is 14.4 Å². The maximum Gasteiger partial charge on any atom is 0.266 e. The molecule has 146 valence electrons. The van der Waals surface area contributed by atoms with Gasteiger partial charge in [-0.1, -0.05) is 32.9 Å². The van der Waals surface area contributed by atoms with Gasteiger partial charge >= 0.3 is 0 Å². The molecule has 28 heavy (non-hydrogen) atoms. The number of hydrogen-bond acceptors (Lipinski definition) is 3. The van der Waals surface area contributed by atoms with Gasteiger partial charge in [0.2, 0.25) is 0 Å². The van der Waals surface area contributed by atoms with Crippen molar-refractivity contribution in [2.45, 2.75) is 46.6 Å². The Balaban J connectivity index is 1.77. The Bertz CT molecular complexity index is 902. The molecule has 5 heteroatoms. The molecule has 0 unspecified atom stereocenters. The molecule has 0 bridgehead atoms. The molecule has 1 N–H and O–H groups in total. The molecule has 5 nitrogen and oxygen atoms in total. The Morgan fingerprint density at radius 2 is 1.36 bits per heavy atom. The lowest BCUT2D eigenvalue weighted by Crippen LogP contribution is -2.45. The third-order valence-corrected chi connectivity index (χ3v) is 4.61. The second kappa shape index (κ2) is 6.89. The minimum atomic E-state index is -0.351. The zero-order chi connectivity index (χ0) is 20.7. The molecule has 3 rings (SSSR count). The SMILES string of the molecule is CC(C)(C)CC(C)(C)NC(=O)c1ccc(N2C(=O)c3ccccc3C2=O)cc1. The number of imide groups is 1. The molecule has 0 aromatic heterocycles. The largest absolute Gasteiger partial charge is 0.347 e. The predicted molar refractivity (Wildman–Crippen MR) is 110 cm³/mol. The second-order valence-electron chi connectivity index (χ2n) is 9.11. The zero-order valence-electron chi connectivity index (χ0n) is 17.0. The van der Waals surface area contributed by atoms with Crippen LogP contribution in [0.3, 0.4) is 0 Å². The summed E-state index contributed by atoms with van der Waals surface area (Å²) in [6, 6.07) is 13.3. The number of amides is 3. The fraction of sp³-hybridized carbons (Fsp3) is 0.348. The van der Waals surface area contributed by atoms with Crippen molar-refractivity contribution in [2.75, 3.05) is 4.90 Å².